The highest BCUT2D eigenvalue weighted by molar-refractivity contribution is 5.69. The number of benzene rings is 2. The minimum atomic E-state index is -0.786. The second-order valence-electron chi connectivity index (χ2n) is 7.31. The number of esters is 1. The molecular weight excluding hydrogens is 357 g/mol. The topological polar surface area (TPSA) is 49.8 Å². The molecule has 0 saturated heterocycles. The van der Waals surface area contributed by atoms with Crippen molar-refractivity contribution in [1.29, 1.82) is 0 Å². The Bertz CT molecular complexity index is 761. The van der Waals surface area contributed by atoms with E-state index in [-0.39, 0.29) is 18.4 Å². The molecule has 0 aliphatic carbocycles. The van der Waals surface area contributed by atoms with Crippen molar-refractivity contribution < 1.29 is 19.0 Å². The van der Waals surface area contributed by atoms with Crippen molar-refractivity contribution in [3.63, 3.8) is 0 Å². The van der Waals surface area contributed by atoms with Crippen molar-refractivity contribution in [3.05, 3.63) is 70.5 Å². The number of carbonyl (C=O) groups excluding carboxylic acids is 1. The molecule has 0 bridgehead atoms. The Morgan fingerprint density at radius 1 is 1.14 bits per heavy atom. The molecule has 4 nitrogen and oxygen atoms in total. The lowest BCUT2D eigenvalue weighted by molar-refractivity contribution is -0.147. The molecule has 0 unspecified atom stereocenters. The third-order valence-electron chi connectivity index (χ3n) is 4.58. The number of halogens is 1. The minimum Gasteiger partial charge on any atom is -0.463 e. The summed E-state index contributed by atoms with van der Waals surface area (Å²) in [5.41, 5.74) is 4.49. The molecule has 2 aromatic rings. The van der Waals surface area contributed by atoms with Crippen LogP contribution in [-0.4, -0.2) is 35.2 Å². The van der Waals surface area contributed by atoms with E-state index < -0.39 is 6.10 Å². The van der Waals surface area contributed by atoms with Gasteiger partial charge in [-0.05, 0) is 49.1 Å². The van der Waals surface area contributed by atoms with Crippen LogP contribution in [0.25, 0.3) is 0 Å². The summed E-state index contributed by atoms with van der Waals surface area (Å²) >= 11 is 0. The van der Waals surface area contributed by atoms with Gasteiger partial charge < -0.3 is 9.84 Å². The second kappa shape index (κ2) is 10.9. The van der Waals surface area contributed by atoms with E-state index in [0.717, 1.165) is 12.0 Å². The Labute approximate surface area is 166 Å². The summed E-state index contributed by atoms with van der Waals surface area (Å²) in [5.74, 6) is -0.561. The molecule has 0 heterocycles. The fourth-order valence-corrected chi connectivity index (χ4v) is 3.06. The number of carbonyl (C=O) groups is 1. The second-order valence-corrected chi connectivity index (χ2v) is 7.31. The van der Waals surface area contributed by atoms with E-state index in [4.69, 9.17) is 4.74 Å². The fraction of sp³-hybridized carbons (Fsp3) is 0.435. The molecule has 1 N–H and O–H groups in total. The van der Waals surface area contributed by atoms with Gasteiger partial charge in [0.25, 0.3) is 0 Å². The zero-order chi connectivity index (χ0) is 20.5. The number of hydrogen-bond acceptors (Lipinski definition) is 4. The maximum atomic E-state index is 13.2. The molecule has 0 aromatic heterocycles. The first-order chi connectivity index (χ1) is 13.4. The van der Waals surface area contributed by atoms with Crippen LogP contribution in [0.5, 0.6) is 0 Å². The summed E-state index contributed by atoms with van der Waals surface area (Å²) in [6, 6.07) is 12.7. The smallest absolute Gasteiger partial charge is 0.305 e. The van der Waals surface area contributed by atoms with E-state index in [1.54, 1.807) is 12.1 Å². The summed E-state index contributed by atoms with van der Waals surface area (Å²) in [7, 11) is 0. The summed E-state index contributed by atoms with van der Waals surface area (Å²) < 4.78 is 18.4. The van der Waals surface area contributed by atoms with Gasteiger partial charge in [0.2, 0.25) is 0 Å². The zero-order valence-corrected chi connectivity index (χ0v) is 17.0. The predicted molar refractivity (Wildman–Crippen MR) is 108 cm³/mol. The lowest BCUT2D eigenvalue weighted by Crippen LogP contribution is -2.35. The van der Waals surface area contributed by atoms with Gasteiger partial charge >= 0.3 is 5.97 Å². The Kier molecular flexibility index (Phi) is 8.61. The van der Waals surface area contributed by atoms with Crippen molar-refractivity contribution >= 4 is 5.97 Å². The van der Waals surface area contributed by atoms with Crippen LogP contribution in [0.15, 0.2) is 42.5 Å². The molecule has 5 heteroatoms. The van der Waals surface area contributed by atoms with Gasteiger partial charge in [0.15, 0.2) is 0 Å². The van der Waals surface area contributed by atoms with Crippen molar-refractivity contribution in [1.82, 2.24) is 4.90 Å². The van der Waals surface area contributed by atoms with Gasteiger partial charge in [0.1, 0.15) is 18.5 Å². The van der Waals surface area contributed by atoms with Crippen molar-refractivity contribution in [2.45, 2.75) is 52.8 Å². The highest BCUT2D eigenvalue weighted by Gasteiger charge is 2.16. The number of nitrogens with zero attached hydrogens (tertiary/aromatic N) is 1. The number of hydrogen-bond donors (Lipinski definition) is 1. The Balaban J connectivity index is 2.07. The predicted octanol–water partition coefficient (Wildman–Crippen LogP) is 4.15. The van der Waals surface area contributed by atoms with Gasteiger partial charge in [-0.15, -0.1) is 0 Å². The molecule has 0 spiro atoms. The Hall–Kier alpha value is -2.24. The van der Waals surface area contributed by atoms with E-state index in [9.17, 15) is 14.3 Å². The van der Waals surface area contributed by atoms with E-state index in [1.165, 1.54) is 28.8 Å². The number of aliphatic hydroxyl groups excluding tert-OH is 1. The van der Waals surface area contributed by atoms with E-state index in [1.807, 2.05) is 6.92 Å². The van der Waals surface area contributed by atoms with Crippen molar-refractivity contribution in [2.75, 3.05) is 13.2 Å². The first-order valence-corrected chi connectivity index (χ1v) is 9.74. The maximum Gasteiger partial charge on any atom is 0.305 e. The molecule has 0 radical (unpaired) electrons. The molecular formula is C23H30FNO3. The molecule has 0 aliphatic rings. The average Bonchev–Trinajstić information content (AvgIpc) is 2.65. The van der Waals surface area contributed by atoms with Gasteiger partial charge in [0, 0.05) is 26.1 Å². The van der Waals surface area contributed by atoms with Crippen LogP contribution in [0.4, 0.5) is 4.39 Å². The lowest BCUT2D eigenvalue weighted by atomic mass is 10.0. The van der Waals surface area contributed by atoms with E-state index in [2.05, 4.69) is 36.9 Å². The lowest BCUT2D eigenvalue weighted by Gasteiger charge is -2.26. The highest BCUT2D eigenvalue weighted by atomic mass is 19.1. The SMILES string of the molecule is CCCC(=O)OC[C@@H](O)CN(Cc1ccc(F)cc1)Cc1cc(C)ccc1C. The quantitative estimate of drug-likeness (QED) is 0.622. The van der Waals surface area contributed by atoms with Gasteiger partial charge in [-0.25, -0.2) is 4.39 Å². The maximum absolute atomic E-state index is 13.2. The van der Waals surface area contributed by atoms with Crippen LogP contribution in [0.3, 0.4) is 0 Å². The van der Waals surface area contributed by atoms with Gasteiger partial charge in [-0.3, -0.25) is 9.69 Å². The van der Waals surface area contributed by atoms with Crippen LogP contribution < -0.4 is 0 Å². The van der Waals surface area contributed by atoms with Crippen molar-refractivity contribution in [3.8, 4) is 0 Å². The van der Waals surface area contributed by atoms with Gasteiger partial charge in [-0.1, -0.05) is 42.8 Å². The molecule has 1 atom stereocenters. The van der Waals surface area contributed by atoms with Crippen LogP contribution >= 0.6 is 0 Å². The average molecular weight is 387 g/mol. The largest absolute Gasteiger partial charge is 0.463 e. The van der Waals surface area contributed by atoms with Crippen molar-refractivity contribution in [2.24, 2.45) is 0 Å². The molecule has 0 aliphatic heterocycles. The van der Waals surface area contributed by atoms with Gasteiger partial charge in [-0.2, -0.15) is 0 Å². The molecule has 0 amide bonds. The summed E-state index contributed by atoms with van der Waals surface area (Å²) in [4.78, 5) is 13.6. The van der Waals surface area contributed by atoms with Gasteiger partial charge in [0.05, 0.1) is 0 Å². The first-order valence-electron chi connectivity index (χ1n) is 9.74. The normalized spacial score (nSPS) is 12.2. The third-order valence-corrected chi connectivity index (χ3v) is 4.58. The standard InChI is InChI=1S/C23H30FNO3/c1-4-5-23(27)28-16-22(26)15-25(13-19-8-10-21(24)11-9-19)14-20-12-17(2)6-7-18(20)3/h6-12,22,26H,4-5,13-16H2,1-3H3/t22-/m0/s1. The monoisotopic (exact) mass is 387 g/mol. The van der Waals surface area contributed by atoms with Crippen LogP contribution in [0.2, 0.25) is 0 Å². The van der Waals surface area contributed by atoms with Crippen LogP contribution in [-0.2, 0) is 22.6 Å². The first kappa shape index (κ1) is 22.1. The number of ether oxygens (including phenoxy) is 1. The third kappa shape index (κ3) is 7.41. The Morgan fingerprint density at radius 2 is 1.86 bits per heavy atom. The number of rotatable bonds is 10. The van der Waals surface area contributed by atoms with E-state index in [0.29, 0.717) is 26.1 Å². The molecule has 152 valence electrons. The zero-order valence-electron chi connectivity index (χ0n) is 17.0. The minimum absolute atomic E-state index is 0.0223. The molecule has 2 aromatic carbocycles. The molecule has 0 saturated carbocycles. The fourth-order valence-electron chi connectivity index (χ4n) is 3.06. The molecule has 0 fully saturated rings. The van der Waals surface area contributed by atoms with Crippen LogP contribution in [0, 0.1) is 19.7 Å². The number of aryl methyl sites for hydroxylation is 2. The van der Waals surface area contributed by atoms with Crippen LogP contribution in [0.1, 0.15) is 42.0 Å². The molecule has 28 heavy (non-hydrogen) atoms. The highest BCUT2D eigenvalue weighted by Crippen LogP contribution is 2.16. The summed E-state index contributed by atoms with van der Waals surface area (Å²) in [6.45, 7) is 7.56. The molecule has 2 rings (SSSR count). The number of aliphatic hydroxyl groups is 1. The van der Waals surface area contributed by atoms with E-state index >= 15 is 0 Å². The summed E-state index contributed by atoms with van der Waals surface area (Å²) in [6.07, 6.45) is 0.290. The summed E-state index contributed by atoms with van der Waals surface area (Å²) in [5, 5.41) is 10.4. The Morgan fingerprint density at radius 3 is 2.54 bits per heavy atom.